The zero-order chi connectivity index (χ0) is 86.6. The molecule has 0 atom stereocenters. The van der Waals surface area contributed by atoms with E-state index in [9.17, 15) is 0 Å². The van der Waals surface area contributed by atoms with Crippen LogP contribution in [0, 0.1) is 3.70 Å². The maximum absolute atomic E-state index is 9.03. The molecule has 630 valence electrons. The molecule has 0 aliphatic carbocycles. The Morgan fingerprint density at radius 3 is 0.704 bits per heavy atom. The Balaban J connectivity index is 0.000000143. The van der Waals surface area contributed by atoms with E-state index in [1.54, 1.807) is 21.3 Å². The Kier molecular flexibility index (Phi) is 38.3. The fourth-order valence-electron chi connectivity index (χ4n) is 13.3. The minimum absolute atomic E-state index is 0. The van der Waals surface area contributed by atoms with Crippen molar-refractivity contribution < 1.29 is 58.9 Å². The third-order valence-corrected chi connectivity index (χ3v) is 30.5. The molecule has 0 saturated carbocycles. The second kappa shape index (κ2) is 50.5. The molecule has 0 radical (unpaired) electrons. The van der Waals surface area contributed by atoms with E-state index >= 15 is 0 Å². The molecular formula is C104H92BBr2IN4O8P4Pd. The Labute approximate surface area is 782 Å². The van der Waals surface area contributed by atoms with E-state index in [4.69, 9.17) is 38.5 Å². The van der Waals surface area contributed by atoms with Crippen molar-refractivity contribution in [3.63, 3.8) is 0 Å². The van der Waals surface area contributed by atoms with E-state index < -0.39 is 38.8 Å². The molecule has 14 aromatic carbocycles. The molecule has 2 N–H and O–H groups in total. The topological polar surface area (TPSA) is 130 Å². The molecule has 0 aliphatic heterocycles. The van der Waals surface area contributed by atoms with Crippen LogP contribution in [0.4, 0.5) is 0 Å². The molecule has 0 saturated heterocycles. The number of rotatable bonds is 20. The summed E-state index contributed by atoms with van der Waals surface area (Å²) in [5.74, 6) is 3.00. The van der Waals surface area contributed by atoms with Crippen LogP contribution >= 0.6 is 86.1 Å². The van der Waals surface area contributed by atoms with E-state index in [0.717, 1.165) is 35.2 Å². The predicted octanol–water partition coefficient (Wildman–Crippen LogP) is 19.7. The summed E-state index contributed by atoms with van der Waals surface area (Å²) in [5, 5.41) is 34.8. The van der Waals surface area contributed by atoms with Crippen molar-refractivity contribution in [3.05, 3.63) is 450 Å². The van der Waals surface area contributed by atoms with Crippen LogP contribution < -0.4 is 97.5 Å². The molecule has 21 heteroatoms. The third kappa shape index (κ3) is 26.7. The standard InChI is InChI=1S/4C18H15P.C16H15BrN2O3.C9H13BO5.C7H4BrIN2.Pd/c4*1-4-10-16(11-5-1)19(17-12-6-2-7-13-17)18-14-8-3-9-15-18;1-20-13-6-10(7-14(21-2)16(13)22-3)12-8-18-15-5-4-11(17)9-19(12)15;1-13-7-4-6(10(11)12)5-8(14-2)9(7)15-3;8-5-1-2-7-10-3-6(9)11(7)4-5;/h4*1-15H;4-9H,1-3H3;4-5,11-12H,1-3H3;1-4H;. The molecule has 4 heterocycles. The van der Waals surface area contributed by atoms with Crippen LogP contribution in [0.25, 0.3) is 22.6 Å². The molecule has 4 aromatic heterocycles. The van der Waals surface area contributed by atoms with Crippen molar-refractivity contribution in [3.8, 4) is 45.8 Å². The largest absolute Gasteiger partial charge is 0.493 e. The molecule has 0 fully saturated rings. The summed E-state index contributed by atoms with van der Waals surface area (Å²) in [5.41, 5.74) is 4.00. The molecule has 18 rings (SSSR count). The van der Waals surface area contributed by atoms with Crippen LogP contribution in [0.5, 0.6) is 34.5 Å². The molecule has 125 heavy (non-hydrogen) atoms. The summed E-state index contributed by atoms with van der Waals surface area (Å²) in [6.07, 6.45) is 7.65. The van der Waals surface area contributed by atoms with Crippen LogP contribution in [-0.4, -0.2) is 78.6 Å². The van der Waals surface area contributed by atoms with Gasteiger partial charge in [-0.2, -0.15) is 0 Å². The number of ether oxygens (including phenoxy) is 6. The Morgan fingerprint density at radius 1 is 0.280 bits per heavy atom. The Bertz CT molecular complexity index is 5290. The number of fused-ring (bicyclic) bond motifs is 2. The van der Waals surface area contributed by atoms with E-state index in [1.165, 1.54) is 97.1 Å². The monoisotopic (exact) mass is 2050 g/mol. The van der Waals surface area contributed by atoms with Gasteiger partial charge >= 0.3 is 7.12 Å². The van der Waals surface area contributed by atoms with Gasteiger partial charge in [0, 0.05) is 47.3 Å². The molecule has 18 aromatic rings. The van der Waals surface area contributed by atoms with Crippen LogP contribution in [0.3, 0.4) is 0 Å². The number of nitrogens with zero attached hydrogens (tertiary/aromatic N) is 4. The minimum atomic E-state index is -1.57. The average molecular weight is 2050 g/mol. The first-order valence-corrected chi connectivity index (χ1v) is 47.6. The fraction of sp³-hybridized carbons (Fsp3) is 0.0577. The van der Waals surface area contributed by atoms with E-state index in [0.29, 0.717) is 34.5 Å². The van der Waals surface area contributed by atoms with Crippen molar-refractivity contribution in [2.45, 2.75) is 0 Å². The van der Waals surface area contributed by atoms with E-state index in [2.05, 4.69) is 428 Å². The van der Waals surface area contributed by atoms with Gasteiger partial charge < -0.3 is 38.5 Å². The predicted molar refractivity (Wildman–Crippen MR) is 540 cm³/mol. The molecular weight excluding hydrogens is 1960 g/mol. The SMILES string of the molecule is Brc1ccc2ncc(I)n2c1.COc1cc(-c2cnc3ccc(Br)cn23)cc(OC)c1OC.COc1cc(B(O)O)cc(OC)c1OC.[Pd].c1ccc(P(c2ccccc2)c2ccccc2)cc1.c1ccc(P(c2ccccc2)c2ccccc2)cc1.c1ccc(P(c2ccccc2)c2ccccc2)cc1.c1ccc(P(c2ccccc2)c2ccccc2)cc1. The fourth-order valence-corrected chi connectivity index (χ4v) is 23.7. The molecule has 0 amide bonds. The summed E-state index contributed by atoms with van der Waals surface area (Å²) in [6.45, 7) is 0. The summed E-state index contributed by atoms with van der Waals surface area (Å²) in [6, 6.07) is 144. The maximum Gasteiger partial charge on any atom is 0.488 e. The molecule has 12 nitrogen and oxygen atoms in total. The maximum atomic E-state index is 9.03. The Morgan fingerprint density at radius 2 is 0.488 bits per heavy atom. The normalized spacial score (nSPS) is 10.4. The van der Waals surface area contributed by atoms with Crippen molar-refractivity contribution in [2.24, 2.45) is 0 Å². The quantitative estimate of drug-likeness (QED) is 0.0432. The van der Waals surface area contributed by atoms with Gasteiger partial charge in [-0.05, 0) is 204 Å². The van der Waals surface area contributed by atoms with Crippen LogP contribution in [0.2, 0.25) is 0 Å². The van der Waals surface area contributed by atoms with Gasteiger partial charge in [0.15, 0.2) is 23.0 Å². The second-order valence-corrected chi connectivity index (χ2v) is 38.8. The minimum Gasteiger partial charge on any atom is -0.493 e. The number of benzene rings is 14. The molecule has 0 aliphatic rings. The number of imidazole rings is 2. The number of hydrogen-bond donors (Lipinski definition) is 2. The number of pyridine rings is 2. The molecule has 0 unspecified atom stereocenters. The van der Waals surface area contributed by atoms with Gasteiger partial charge in [0.2, 0.25) is 11.5 Å². The summed E-state index contributed by atoms with van der Waals surface area (Å²) < 4.78 is 38.6. The number of aromatic nitrogens is 4. The van der Waals surface area contributed by atoms with Gasteiger partial charge in [-0.3, -0.25) is 8.80 Å². The van der Waals surface area contributed by atoms with Crippen molar-refractivity contribution in [1.29, 1.82) is 0 Å². The first-order chi connectivity index (χ1) is 60.9. The zero-order valence-corrected chi connectivity index (χ0v) is 80.0. The van der Waals surface area contributed by atoms with Gasteiger partial charge in [-0.15, -0.1) is 0 Å². The van der Waals surface area contributed by atoms with Gasteiger partial charge in [0.25, 0.3) is 0 Å². The van der Waals surface area contributed by atoms with Crippen LogP contribution in [-0.2, 0) is 20.4 Å². The van der Waals surface area contributed by atoms with Gasteiger partial charge in [0.05, 0.1) is 60.7 Å². The van der Waals surface area contributed by atoms with Crippen molar-refractivity contribution in [1.82, 2.24) is 18.8 Å². The van der Waals surface area contributed by atoms with Gasteiger partial charge in [-0.1, -0.05) is 364 Å². The van der Waals surface area contributed by atoms with Gasteiger partial charge in [0.1, 0.15) is 15.0 Å². The van der Waals surface area contributed by atoms with Crippen molar-refractivity contribution in [2.75, 3.05) is 42.7 Å². The van der Waals surface area contributed by atoms with Gasteiger partial charge in [-0.25, -0.2) is 9.97 Å². The van der Waals surface area contributed by atoms with Crippen molar-refractivity contribution >= 4 is 174 Å². The van der Waals surface area contributed by atoms with E-state index in [-0.39, 0.29) is 25.9 Å². The Hall–Kier alpha value is -10.7. The summed E-state index contributed by atoms with van der Waals surface area (Å²) >= 11 is 9.13. The first-order valence-electron chi connectivity index (χ1n) is 39.6. The van der Waals surface area contributed by atoms with E-state index in [1.807, 2.05) is 70.0 Å². The number of halogens is 3. The average Bonchev–Trinajstić information content (AvgIpc) is 1.66. The zero-order valence-electron chi connectivity index (χ0n) is 69.5. The smallest absolute Gasteiger partial charge is 0.488 e. The van der Waals surface area contributed by atoms with Crippen LogP contribution in [0.15, 0.2) is 446 Å². The molecule has 0 spiro atoms. The second-order valence-electron chi connectivity index (χ2n) is 27.0. The number of methoxy groups -OCH3 is 6. The first kappa shape index (κ1) is 95.0. The summed E-state index contributed by atoms with van der Waals surface area (Å²) in [4.78, 5) is 8.61. The molecule has 0 bridgehead atoms. The number of hydrogen-bond acceptors (Lipinski definition) is 10. The summed E-state index contributed by atoms with van der Waals surface area (Å²) in [7, 11) is 5.85. The van der Waals surface area contributed by atoms with Crippen LogP contribution in [0.1, 0.15) is 0 Å². The third-order valence-electron chi connectivity index (χ3n) is 19.0.